The van der Waals surface area contributed by atoms with Crippen molar-refractivity contribution >= 4 is 12.2 Å². The fourth-order valence-corrected chi connectivity index (χ4v) is 2.75. The highest BCUT2D eigenvalue weighted by molar-refractivity contribution is 5.80. The van der Waals surface area contributed by atoms with Crippen molar-refractivity contribution in [2.24, 2.45) is 5.92 Å². The molecule has 1 unspecified atom stereocenters. The predicted octanol–water partition coefficient (Wildman–Crippen LogP) is 1.78. The molecule has 0 N–H and O–H groups in total. The first kappa shape index (κ1) is 13.3. The molecule has 0 aromatic heterocycles. The Balaban J connectivity index is 1.71. The van der Waals surface area contributed by atoms with Gasteiger partial charge in [-0.05, 0) is 30.7 Å². The summed E-state index contributed by atoms with van der Waals surface area (Å²) in [5.74, 6) is 0.579. The summed E-state index contributed by atoms with van der Waals surface area (Å²) in [6.07, 6.45) is 3.59. The fraction of sp³-hybridized carbons (Fsp3) is 0.500. The SMILES string of the molecule is O=CC1OC[C@@H](Cc2ccccc2)N1C(=O)CC1CC1. The van der Waals surface area contributed by atoms with Gasteiger partial charge in [0.15, 0.2) is 12.5 Å². The largest absolute Gasteiger partial charge is 0.349 e. The van der Waals surface area contributed by atoms with E-state index in [2.05, 4.69) is 0 Å². The van der Waals surface area contributed by atoms with E-state index in [9.17, 15) is 9.59 Å². The molecule has 3 rings (SSSR count). The van der Waals surface area contributed by atoms with Gasteiger partial charge in [0.2, 0.25) is 5.91 Å². The van der Waals surface area contributed by atoms with Crippen LogP contribution in [0, 0.1) is 5.92 Å². The fourth-order valence-electron chi connectivity index (χ4n) is 2.75. The molecule has 1 aliphatic heterocycles. The normalized spacial score (nSPS) is 25.7. The summed E-state index contributed by atoms with van der Waals surface area (Å²) in [6, 6.07) is 9.99. The van der Waals surface area contributed by atoms with Crippen molar-refractivity contribution in [3.63, 3.8) is 0 Å². The number of aldehydes is 1. The molecule has 2 aliphatic rings. The lowest BCUT2D eigenvalue weighted by atomic mass is 10.1. The average Bonchev–Trinajstić information content (AvgIpc) is 3.18. The van der Waals surface area contributed by atoms with Crippen molar-refractivity contribution in [2.75, 3.05) is 6.61 Å². The number of amides is 1. The molecule has 1 aromatic rings. The summed E-state index contributed by atoms with van der Waals surface area (Å²) in [5.41, 5.74) is 1.16. The van der Waals surface area contributed by atoms with E-state index in [1.54, 1.807) is 4.90 Å². The molecule has 1 saturated heterocycles. The lowest BCUT2D eigenvalue weighted by molar-refractivity contribution is -0.142. The van der Waals surface area contributed by atoms with E-state index >= 15 is 0 Å². The number of benzene rings is 1. The first-order valence-corrected chi connectivity index (χ1v) is 7.20. The summed E-state index contributed by atoms with van der Waals surface area (Å²) in [4.78, 5) is 25.1. The Hall–Kier alpha value is -1.68. The number of nitrogens with zero attached hydrogens (tertiary/aromatic N) is 1. The summed E-state index contributed by atoms with van der Waals surface area (Å²) in [5, 5.41) is 0. The highest BCUT2D eigenvalue weighted by atomic mass is 16.5. The maximum Gasteiger partial charge on any atom is 0.225 e. The van der Waals surface area contributed by atoms with Crippen LogP contribution in [0.15, 0.2) is 30.3 Å². The maximum absolute atomic E-state index is 12.4. The summed E-state index contributed by atoms with van der Waals surface area (Å²) in [7, 11) is 0. The van der Waals surface area contributed by atoms with Gasteiger partial charge in [0.1, 0.15) is 0 Å². The highest BCUT2D eigenvalue weighted by Crippen LogP contribution is 2.34. The van der Waals surface area contributed by atoms with E-state index < -0.39 is 6.23 Å². The van der Waals surface area contributed by atoms with Crippen molar-refractivity contribution in [3.05, 3.63) is 35.9 Å². The number of hydrogen-bond acceptors (Lipinski definition) is 3. The van der Waals surface area contributed by atoms with Gasteiger partial charge in [-0.3, -0.25) is 9.59 Å². The van der Waals surface area contributed by atoms with E-state index in [-0.39, 0.29) is 11.9 Å². The summed E-state index contributed by atoms with van der Waals surface area (Å²) in [6.45, 7) is 0.439. The molecule has 0 radical (unpaired) electrons. The Morgan fingerprint density at radius 1 is 1.30 bits per heavy atom. The molecule has 20 heavy (non-hydrogen) atoms. The van der Waals surface area contributed by atoms with Crippen molar-refractivity contribution in [1.82, 2.24) is 4.90 Å². The number of hydrogen-bond donors (Lipinski definition) is 0. The molecule has 1 aromatic carbocycles. The van der Waals surface area contributed by atoms with Gasteiger partial charge in [0, 0.05) is 6.42 Å². The van der Waals surface area contributed by atoms with E-state index in [0.717, 1.165) is 31.1 Å². The molecule has 1 heterocycles. The zero-order valence-electron chi connectivity index (χ0n) is 11.4. The zero-order chi connectivity index (χ0) is 13.9. The molecule has 1 amide bonds. The zero-order valence-corrected chi connectivity index (χ0v) is 11.4. The van der Waals surface area contributed by atoms with Gasteiger partial charge >= 0.3 is 0 Å². The average molecular weight is 273 g/mol. The Morgan fingerprint density at radius 2 is 2.05 bits per heavy atom. The van der Waals surface area contributed by atoms with Crippen molar-refractivity contribution in [2.45, 2.75) is 38.0 Å². The lowest BCUT2D eigenvalue weighted by Gasteiger charge is -2.25. The van der Waals surface area contributed by atoms with Crippen molar-refractivity contribution in [1.29, 1.82) is 0 Å². The van der Waals surface area contributed by atoms with Gasteiger partial charge in [-0.1, -0.05) is 30.3 Å². The van der Waals surface area contributed by atoms with Gasteiger partial charge in [-0.25, -0.2) is 0 Å². The number of carbonyl (C=O) groups excluding carboxylic acids is 2. The van der Waals surface area contributed by atoms with Crippen LogP contribution in [0.25, 0.3) is 0 Å². The molecule has 2 atom stereocenters. The van der Waals surface area contributed by atoms with Crippen LogP contribution in [0.5, 0.6) is 0 Å². The van der Waals surface area contributed by atoms with Crippen LogP contribution in [0.4, 0.5) is 0 Å². The van der Waals surface area contributed by atoms with Crippen LogP contribution >= 0.6 is 0 Å². The first-order valence-electron chi connectivity index (χ1n) is 7.20. The van der Waals surface area contributed by atoms with Gasteiger partial charge in [-0.15, -0.1) is 0 Å². The summed E-state index contributed by atoms with van der Waals surface area (Å²) < 4.78 is 5.46. The molecule has 2 fully saturated rings. The van der Waals surface area contributed by atoms with Crippen LogP contribution in [-0.2, 0) is 20.7 Å². The highest BCUT2D eigenvalue weighted by Gasteiger charge is 2.39. The Labute approximate surface area is 118 Å². The van der Waals surface area contributed by atoms with E-state index in [0.29, 0.717) is 18.9 Å². The standard InChI is InChI=1S/C16H19NO3/c18-10-16-17(15(19)9-13-6-7-13)14(11-20-16)8-12-4-2-1-3-5-12/h1-5,10,13-14,16H,6-9,11H2/t14-,16?/m1/s1. The smallest absolute Gasteiger partial charge is 0.225 e. The van der Waals surface area contributed by atoms with Crippen LogP contribution in [-0.4, -0.2) is 36.0 Å². The van der Waals surface area contributed by atoms with Crippen LogP contribution in [0.3, 0.4) is 0 Å². The van der Waals surface area contributed by atoms with Crippen LogP contribution < -0.4 is 0 Å². The van der Waals surface area contributed by atoms with E-state index in [4.69, 9.17) is 4.74 Å². The number of rotatable bonds is 5. The molecular formula is C16H19NO3. The Bertz CT molecular complexity index is 484. The predicted molar refractivity (Wildman–Crippen MR) is 73.9 cm³/mol. The monoisotopic (exact) mass is 273 g/mol. The first-order chi connectivity index (χ1) is 9.78. The minimum Gasteiger partial charge on any atom is -0.349 e. The van der Waals surface area contributed by atoms with Gasteiger partial charge in [0.05, 0.1) is 12.6 Å². The van der Waals surface area contributed by atoms with E-state index in [1.807, 2.05) is 30.3 Å². The molecule has 4 nitrogen and oxygen atoms in total. The van der Waals surface area contributed by atoms with Gasteiger partial charge in [0.25, 0.3) is 0 Å². The molecule has 0 bridgehead atoms. The molecular weight excluding hydrogens is 254 g/mol. The Kier molecular flexibility index (Phi) is 3.83. The third-order valence-electron chi connectivity index (χ3n) is 4.01. The second-order valence-corrected chi connectivity index (χ2v) is 5.65. The van der Waals surface area contributed by atoms with Crippen molar-refractivity contribution < 1.29 is 14.3 Å². The maximum atomic E-state index is 12.4. The van der Waals surface area contributed by atoms with Crippen LogP contribution in [0.2, 0.25) is 0 Å². The van der Waals surface area contributed by atoms with Gasteiger partial charge in [-0.2, -0.15) is 0 Å². The van der Waals surface area contributed by atoms with Crippen LogP contribution in [0.1, 0.15) is 24.8 Å². The molecule has 106 valence electrons. The second-order valence-electron chi connectivity index (χ2n) is 5.65. The molecule has 0 spiro atoms. The number of carbonyl (C=O) groups is 2. The molecule has 1 saturated carbocycles. The quantitative estimate of drug-likeness (QED) is 0.768. The Morgan fingerprint density at radius 3 is 2.70 bits per heavy atom. The minimum atomic E-state index is -0.699. The molecule has 4 heteroatoms. The van der Waals surface area contributed by atoms with E-state index in [1.165, 1.54) is 0 Å². The third kappa shape index (κ3) is 2.90. The summed E-state index contributed by atoms with van der Waals surface area (Å²) >= 11 is 0. The van der Waals surface area contributed by atoms with Gasteiger partial charge < -0.3 is 9.64 Å². The van der Waals surface area contributed by atoms with Crippen molar-refractivity contribution in [3.8, 4) is 0 Å². The third-order valence-corrected chi connectivity index (χ3v) is 4.01. The number of ether oxygens (including phenoxy) is 1. The second kappa shape index (κ2) is 5.75. The molecule has 1 aliphatic carbocycles. The topological polar surface area (TPSA) is 46.6 Å². The minimum absolute atomic E-state index is 0.0288. The lowest BCUT2D eigenvalue weighted by Crippen LogP contribution is -2.43.